The predicted octanol–water partition coefficient (Wildman–Crippen LogP) is 2.94. The van der Waals surface area contributed by atoms with E-state index in [9.17, 15) is 4.39 Å². The molecule has 0 atom stereocenters. The molecule has 3 rings (SSSR count). The van der Waals surface area contributed by atoms with Crippen molar-refractivity contribution in [3.63, 3.8) is 0 Å². The molecule has 0 aliphatic carbocycles. The number of benzene rings is 1. The first-order valence-corrected chi connectivity index (χ1v) is 10.8. The lowest BCUT2D eigenvalue weighted by Gasteiger charge is -2.35. The summed E-state index contributed by atoms with van der Waals surface area (Å²) in [5, 5.41) is 8.65. The third-order valence-corrected chi connectivity index (χ3v) is 6.04. The van der Waals surface area contributed by atoms with E-state index in [-0.39, 0.29) is 5.82 Å². The smallest absolute Gasteiger partial charge is 0.191 e. The average molecular weight is 404 g/mol. The van der Waals surface area contributed by atoms with Gasteiger partial charge >= 0.3 is 0 Å². The van der Waals surface area contributed by atoms with E-state index in [4.69, 9.17) is 0 Å². The number of nitrogens with one attached hydrogen (secondary N) is 2. The minimum Gasteiger partial charge on any atom is -0.367 e. The summed E-state index contributed by atoms with van der Waals surface area (Å²) in [6, 6.07) is 9.73. The molecule has 0 spiro atoms. The number of hydrogen-bond acceptors (Lipinski definition) is 4. The number of halogens is 1. The zero-order valence-electron chi connectivity index (χ0n) is 16.7. The summed E-state index contributed by atoms with van der Waals surface area (Å²) in [4.78, 5) is 10.1. The molecular weight excluding hydrogens is 373 g/mol. The van der Waals surface area contributed by atoms with Crippen LogP contribution in [0.4, 0.5) is 10.1 Å². The molecule has 2 N–H and O–H groups in total. The van der Waals surface area contributed by atoms with Gasteiger partial charge in [-0.2, -0.15) is 0 Å². The maximum atomic E-state index is 14.7. The third kappa shape index (κ3) is 5.69. The Labute approximate surface area is 171 Å². The Kier molecular flexibility index (Phi) is 7.68. The fraction of sp³-hybridized carbons (Fsp3) is 0.476. The van der Waals surface area contributed by atoms with E-state index in [0.717, 1.165) is 57.2 Å². The molecule has 1 aliphatic heterocycles. The van der Waals surface area contributed by atoms with Crippen molar-refractivity contribution in [1.82, 2.24) is 15.5 Å². The fourth-order valence-electron chi connectivity index (χ4n) is 3.39. The summed E-state index contributed by atoms with van der Waals surface area (Å²) >= 11 is 1.76. The second-order valence-electron chi connectivity index (χ2n) is 6.89. The fourth-order valence-corrected chi connectivity index (χ4v) is 4.10. The molecule has 152 valence electrons. The second-order valence-corrected chi connectivity index (χ2v) is 7.92. The first-order valence-electron chi connectivity index (χ1n) is 9.92. The van der Waals surface area contributed by atoms with E-state index in [1.807, 2.05) is 12.1 Å². The van der Waals surface area contributed by atoms with Crippen LogP contribution in [0, 0.1) is 5.82 Å². The molecule has 2 heterocycles. The van der Waals surface area contributed by atoms with Gasteiger partial charge in [-0.3, -0.25) is 4.99 Å². The summed E-state index contributed by atoms with van der Waals surface area (Å²) in [6.45, 7) is 8.33. The van der Waals surface area contributed by atoms with Crippen LogP contribution in [0.1, 0.15) is 17.4 Å². The first kappa shape index (κ1) is 20.6. The summed E-state index contributed by atoms with van der Waals surface area (Å²) in [5.41, 5.74) is 1.62. The van der Waals surface area contributed by atoms with Crippen LogP contribution in [-0.4, -0.2) is 57.2 Å². The van der Waals surface area contributed by atoms with Crippen LogP contribution in [0.15, 0.2) is 40.7 Å². The largest absolute Gasteiger partial charge is 0.367 e. The molecule has 7 heteroatoms. The zero-order valence-corrected chi connectivity index (χ0v) is 17.6. The van der Waals surface area contributed by atoms with Gasteiger partial charge in [0, 0.05) is 51.2 Å². The Morgan fingerprint density at radius 2 is 2.00 bits per heavy atom. The molecule has 1 aliphatic rings. The van der Waals surface area contributed by atoms with Gasteiger partial charge in [0.25, 0.3) is 0 Å². The molecule has 28 heavy (non-hydrogen) atoms. The molecule has 1 fully saturated rings. The van der Waals surface area contributed by atoms with Gasteiger partial charge in [0.2, 0.25) is 0 Å². The highest BCUT2D eigenvalue weighted by atomic mass is 32.1. The number of piperazine rings is 1. The van der Waals surface area contributed by atoms with E-state index in [2.05, 4.69) is 49.9 Å². The molecule has 0 radical (unpaired) electrons. The Morgan fingerprint density at radius 1 is 1.18 bits per heavy atom. The minimum absolute atomic E-state index is 0.148. The van der Waals surface area contributed by atoms with Gasteiger partial charge < -0.3 is 20.4 Å². The monoisotopic (exact) mass is 403 g/mol. The van der Waals surface area contributed by atoms with Crippen molar-refractivity contribution in [2.45, 2.75) is 19.9 Å². The topological polar surface area (TPSA) is 42.9 Å². The highest BCUT2D eigenvalue weighted by Crippen LogP contribution is 2.22. The molecule has 1 aromatic heterocycles. The second kappa shape index (κ2) is 10.4. The van der Waals surface area contributed by atoms with Gasteiger partial charge in [-0.05, 0) is 42.1 Å². The highest BCUT2D eigenvalue weighted by Gasteiger charge is 2.18. The number of nitrogens with zero attached hydrogens (tertiary/aromatic N) is 3. The Bertz CT molecular complexity index is 754. The van der Waals surface area contributed by atoms with E-state index in [1.54, 1.807) is 24.5 Å². The lowest BCUT2D eigenvalue weighted by molar-refractivity contribution is 0.270. The van der Waals surface area contributed by atoms with Crippen molar-refractivity contribution in [1.29, 1.82) is 0 Å². The molecule has 0 saturated carbocycles. The quantitative estimate of drug-likeness (QED) is 0.551. The SMILES string of the molecule is CCN1CCN(c2ccc(CNC(=NC)NCCc3cccs3)cc2F)CC1. The molecule has 0 bridgehead atoms. The van der Waals surface area contributed by atoms with Crippen LogP contribution in [0.2, 0.25) is 0 Å². The Hall–Kier alpha value is -2.12. The van der Waals surface area contributed by atoms with Crippen molar-refractivity contribution in [2.24, 2.45) is 4.99 Å². The molecule has 0 unspecified atom stereocenters. The van der Waals surface area contributed by atoms with Gasteiger partial charge in [0.05, 0.1) is 5.69 Å². The van der Waals surface area contributed by atoms with Crippen molar-refractivity contribution >= 4 is 23.0 Å². The summed E-state index contributed by atoms with van der Waals surface area (Å²) in [7, 11) is 1.75. The average Bonchev–Trinajstić information content (AvgIpc) is 3.24. The zero-order chi connectivity index (χ0) is 19.8. The van der Waals surface area contributed by atoms with E-state index >= 15 is 0 Å². The van der Waals surface area contributed by atoms with Gasteiger partial charge in [0.1, 0.15) is 5.82 Å². The maximum absolute atomic E-state index is 14.7. The number of likely N-dealkylation sites (N-methyl/N-ethyl adjacent to an activating group) is 1. The first-order chi connectivity index (χ1) is 13.7. The van der Waals surface area contributed by atoms with E-state index in [1.165, 1.54) is 4.88 Å². The number of aliphatic imine (C=N–C) groups is 1. The number of thiophene rings is 1. The minimum atomic E-state index is -0.148. The molecule has 0 amide bonds. The molecule has 5 nitrogen and oxygen atoms in total. The van der Waals surface area contributed by atoms with Crippen LogP contribution >= 0.6 is 11.3 Å². The van der Waals surface area contributed by atoms with Crippen molar-refractivity contribution in [3.05, 3.63) is 52.0 Å². The van der Waals surface area contributed by atoms with Crippen LogP contribution in [0.25, 0.3) is 0 Å². The van der Waals surface area contributed by atoms with Gasteiger partial charge in [-0.25, -0.2) is 4.39 Å². The van der Waals surface area contributed by atoms with Gasteiger partial charge in [-0.15, -0.1) is 11.3 Å². The third-order valence-electron chi connectivity index (χ3n) is 5.10. The number of rotatable bonds is 7. The van der Waals surface area contributed by atoms with Crippen molar-refractivity contribution < 1.29 is 4.39 Å². The summed E-state index contributed by atoms with van der Waals surface area (Å²) in [5.74, 6) is 0.585. The number of hydrogen-bond donors (Lipinski definition) is 2. The summed E-state index contributed by atoms with van der Waals surface area (Å²) < 4.78 is 14.7. The Balaban J connectivity index is 1.48. The van der Waals surface area contributed by atoms with Gasteiger partial charge in [0.15, 0.2) is 5.96 Å². The summed E-state index contributed by atoms with van der Waals surface area (Å²) in [6.07, 6.45) is 0.965. The molecule has 1 saturated heterocycles. The van der Waals surface area contributed by atoms with Crippen LogP contribution in [0.3, 0.4) is 0 Å². The van der Waals surface area contributed by atoms with Crippen LogP contribution < -0.4 is 15.5 Å². The van der Waals surface area contributed by atoms with Crippen molar-refractivity contribution in [3.8, 4) is 0 Å². The van der Waals surface area contributed by atoms with Crippen LogP contribution in [-0.2, 0) is 13.0 Å². The number of anilines is 1. The lowest BCUT2D eigenvalue weighted by Crippen LogP contribution is -2.46. The molecule has 2 aromatic rings. The standard InChI is InChI=1S/C21H30FN5S/c1-3-26-10-12-27(13-11-26)20-7-6-17(15-19(20)22)16-25-21(23-2)24-9-8-18-5-4-14-28-18/h4-7,14-15H,3,8-13,16H2,1-2H3,(H2,23,24,25). The maximum Gasteiger partial charge on any atom is 0.191 e. The number of guanidine groups is 1. The predicted molar refractivity (Wildman–Crippen MR) is 117 cm³/mol. The van der Waals surface area contributed by atoms with E-state index < -0.39 is 0 Å². The van der Waals surface area contributed by atoms with Gasteiger partial charge in [-0.1, -0.05) is 19.1 Å². The van der Waals surface area contributed by atoms with Crippen molar-refractivity contribution in [2.75, 3.05) is 51.2 Å². The van der Waals surface area contributed by atoms with Crippen LogP contribution in [0.5, 0.6) is 0 Å². The Morgan fingerprint density at radius 3 is 2.64 bits per heavy atom. The van der Waals surface area contributed by atoms with E-state index in [0.29, 0.717) is 12.2 Å². The lowest BCUT2D eigenvalue weighted by atomic mass is 10.1. The molecular formula is C21H30FN5S. The highest BCUT2D eigenvalue weighted by molar-refractivity contribution is 7.09. The molecule has 1 aromatic carbocycles. The normalized spacial score (nSPS) is 15.7.